The fourth-order valence-electron chi connectivity index (χ4n) is 1.33. The number of rotatable bonds is 8. The van der Waals surface area contributed by atoms with Gasteiger partial charge in [0.15, 0.2) is 6.04 Å². The van der Waals surface area contributed by atoms with Crippen LogP contribution in [0.4, 0.5) is 0 Å². The maximum absolute atomic E-state index is 11.9. The van der Waals surface area contributed by atoms with Crippen molar-refractivity contribution < 1.29 is 34.5 Å². The third-order valence-electron chi connectivity index (χ3n) is 2.47. The number of carboxylic acid groups (broad SMARTS) is 2. The molecular weight excluding hydrogens is 286 g/mol. The Kier molecular flexibility index (Phi) is 7.31. The highest BCUT2D eigenvalue weighted by atomic mass is 16.4. The SMILES string of the molecule is C[C@H](N)C(=O)N[C@@H](CC(=O)O)C(=O)N[C@H](C(=O)O)[C@@H](C)O. The number of carbonyl (C=O) groups excluding carboxylic acids is 2. The van der Waals surface area contributed by atoms with Crippen LogP contribution in [0.15, 0.2) is 0 Å². The number of carbonyl (C=O) groups is 4. The van der Waals surface area contributed by atoms with Gasteiger partial charge in [-0.3, -0.25) is 14.4 Å². The summed E-state index contributed by atoms with van der Waals surface area (Å²) in [6.07, 6.45) is -2.16. The number of nitrogens with two attached hydrogens (primary N) is 1. The van der Waals surface area contributed by atoms with Gasteiger partial charge in [0.1, 0.15) is 6.04 Å². The fourth-order valence-corrected chi connectivity index (χ4v) is 1.33. The summed E-state index contributed by atoms with van der Waals surface area (Å²) in [4.78, 5) is 44.8. The Morgan fingerprint density at radius 1 is 1.05 bits per heavy atom. The van der Waals surface area contributed by atoms with Gasteiger partial charge in [-0.05, 0) is 13.8 Å². The molecule has 0 spiro atoms. The molecule has 10 nitrogen and oxygen atoms in total. The average molecular weight is 305 g/mol. The van der Waals surface area contributed by atoms with E-state index in [4.69, 9.17) is 15.9 Å². The first-order valence-corrected chi connectivity index (χ1v) is 6.05. The molecular formula is C11H19N3O7. The molecule has 10 heteroatoms. The molecule has 0 aliphatic rings. The molecule has 0 saturated carbocycles. The zero-order valence-electron chi connectivity index (χ0n) is 11.6. The Morgan fingerprint density at radius 3 is 1.90 bits per heavy atom. The predicted molar refractivity (Wildman–Crippen MR) is 69.1 cm³/mol. The molecule has 7 N–H and O–H groups in total. The second-order valence-corrected chi connectivity index (χ2v) is 4.51. The highest BCUT2D eigenvalue weighted by Gasteiger charge is 2.31. The Labute approximate surface area is 120 Å². The third-order valence-corrected chi connectivity index (χ3v) is 2.47. The summed E-state index contributed by atoms with van der Waals surface area (Å²) in [5, 5.41) is 30.8. The van der Waals surface area contributed by atoms with Crippen LogP contribution in [0.5, 0.6) is 0 Å². The van der Waals surface area contributed by atoms with Crippen LogP contribution in [0.25, 0.3) is 0 Å². The molecule has 0 rings (SSSR count). The summed E-state index contributed by atoms with van der Waals surface area (Å²) < 4.78 is 0. The molecule has 0 radical (unpaired) electrons. The summed E-state index contributed by atoms with van der Waals surface area (Å²) in [6.45, 7) is 2.48. The van der Waals surface area contributed by atoms with Crippen LogP contribution in [-0.4, -0.2) is 63.3 Å². The highest BCUT2D eigenvalue weighted by molar-refractivity contribution is 5.93. The van der Waals surface area contributed by atoms with Gasteiger partial charge in [0.2, 0.25) is 11.8 Å². The number of aliphatic hydroxyl groups is 1. The number of hydrogen-bond donors (Lipinski definition) is 6. The lowest BCUT2D eigenvalue weighted by molar-refractivity contribution is -0.145. The molecule has 120 valence electrons. The van der Waals surface area contributed by atoms with Crippen LogP contribution in [0.3, 0.4) is 0 Å². The third kappa shape index (κ3) is 6.68. The van der Waals surface area contributed by atoms with Gasteiger partial charge < -0.3 is 31.7 Å². The Hall–Kier alpha value is -2.20. The van der Waals surface area contributed by atoms with Crippen molar-refractivity contribution in [3.63, 3.8) is 0 Å². The Bertz CT molecular complexity index is 422. The minimum Gasteiger partial charge on any atom is -0.481 e. The lowest BCUT2D eigenvalue weighted by Gasteiger charge is -2.22. The number of hydrogen-bond acceptors (Lipinski definition) is 6. The van der Waals surface area contributed by atoms with E-state index in [0.29, 0.717) is 0 Å². The van der Waals surface area contributed by atoms with E-state index in [-0.39, 0.29) is 0 Å². The summed E-state index contributed by atoms with van der Waals surface area (Å²) in [7, 11) is 0. The molecule has 2 amide bonds. The van der Waals surface area contributed by atoms with Crippen LogP contribution in [-0.2, 0) is 19.2 Å². The summed E-state index contributed by atoms with van der Waals surface area (Å²) in [6, 6.07) is -4.09. The van der Waals surface area contributed by atoms with E-state index in [1.807, 2.05) is 5.32 Å². The molecule has 0 heterocycles. The molecule has 4 atom stereocenters. The topological polar surface area (TPSA) is 179 Å². The molecule has 0 aliphatic heterocycles. The zero-order valence-corrected chi connectivity index (χ0v) is 11.6. The first kappa shape index (κ1) is 18.8. The van der Waals surface area contributed by atoms with Crippen molar-refractivity contribution in [2.75, 3.05) is 0 Å². The zero-order chi connectivity index (χ0) is 16.7. The fraction of sp³-hybridized carbons (Fsp3) is 0.636. The van der Waals surface area contributed by atoms with Gasteiger partial charge in [-0.1, -0.05) is 0 Å². The summed E-state index contributed by atoms with van der Waals surface area (Å²) in [5.41, 5.74) is 5.29. The largest absolute Gasteiger partial charge is 0.481 e. The second kappa shape index (κ2) is 8.17. The van der Waals surface area contributed by atoms with Gasteiger partial charge >= 0.3 is 11.9 Å². The first-order valence-electron chi connectivity index (χ1n) is 6.05. The van der Waals surface area contributed by atoms with Crippen LogP contribution in [0.1, 0.15) is 20.3 Å². The van der Waals surface area contributed by atoms with E-state index < -0.39 is 54.4 Å². The average Bonchev–Trinajstić information content (AvgIpc) is 2.32. The van der Waals surface area contributed by atoms with Gasteiger partial charge in [-0.15, -0.1) is 0 Å². The van der Waals surface area contributed by atoms with Crippen molar-refractivity contribution >= 4 is 23.8 Å². The van der Waals surface area contributed by atoms with E-state index in [9.17, 15) is 24.3 Å². The molecule has 0 saturated heterocycles. The lowest BCUT2D eigenvalue weighted by Crippen LogP contribution is -2.56. The smallest absolute Gasteiger partial charge is 0.328 e. The monoisotopic (exact) mass is 305 g/mol. The molecule has 0 unspecified atom stereocenters. The second-order valence-electron chi connectivity index (χ2n) is 4.51. The molecule has 0 aromatic rings. The van der Waals surface area contributed by atoms with Crippen LogP contribution >= 0.6 is 0 Å². The van der Waals surface area contributed by atoms with Gasteiger partial charge in [0, 0.05) is 0 Å². The molecule has 21 heavy (non-hydrogen) atoms. The van der Waals surface area contributed by atoms with Gasteiger partial charge in [0.05, 0.1) is 18.6 Å². The molecule has 0 aromatic heterocycles. The number of aliphatic carboxylic acids is 2. The number of carboxylic acids is 2. The van der Waals surface area contributed by atoms with Crippen LogP contribution < -0.4 is 16.4 Å². The Morgan fingerprint density at radius 2 is 1.57 bits per heavy atom. The van der Waals surface area contributed by atoms with Crippen molar-refractivity contribution in [3.05, 3.63) is 0 Å². The van der Waals surface area contributed by atoms with Crippen molar-refractivity contribution in [2.45, 2.75) is 44.5 Å². The van der Waals surface area contributed by atoms with Gasteiger partial charge in [0.25, 0.3) is 0 Å². The quantitative estimate of drug-likeness (QED) is 0.279. The predicted octanol–water partition coefficient (Wildman–Crippen LogP) is -2.76. The molecule has 0 fully saturated rings. The van der Waals surface area contributed by atoms with Crippen LogP contribution in [0.2, 0.25) is 0 Å². The van der Waals surface area contributed by atoms with Crippen molar-refractivity contribution in [2.24, 2.45) is 5.73 Å². The number of amides is 2. The standard InChI is InChI=1S/C11H19N3O7/c1-4(12)9(18)13-6(3-7(16)17)10(19)14-8(5(2)15)11(20)21/h4-6,8,15H,3,12H2,1-2H3,(H,13,18)(H,14,19)(H,16,17)(H,20,21)/t4-,5+,6-,8-/m0/s1. The van der Waals surface area contributed by atoms with Gasteiger partial charge in [-0.25, -0.2) is 4.79 Å². The van der Waals surface area contributed by atoms with E-state index >= 15 is 0 Å². The van der Waals surface area contributed by atoms with Crippen molar-refractivity contribution in [3.8, 4) is 0 Å². The number of aliphatic hydroxyl groups excluding tert-OH is 1. The maximum Gasteiger partial charge on any atom is 0.328 e. The van der Waals surface area contributed by atoms with E-state index in [1.165, 1.54) is 6.92 Å². The molecule has 0 bridgehead atoms. The first-order chi connectivity index (χ1) is 9.56. The summed E-state index contributed by atoms with van der Waals surface area (Å²) >= 11 is 0. The van der Waals surface area contributed by atoms with Crippen molar-refractivity contribution in [1.29, 1.82) is 0 Å². The summed E-state index contributed by atoms with van der Waals surface area (Å²) in [5.74, 6) is -4.67. The lowest BCUT2D eigenvalue weighted by atomic mass is 10.1. The Balaban J connectivity index is 4.98. The van der Waals surface area contributed by atoms with E-state index in [0.717, 1.165) is 6.92 Å². The normalized spacial score (nSPS) is 16.2. The van der Waals surface area contributed by atoms with E-state index in [2.05, 4.69) is 5.32 Å². The minimum absolute atomic E-state index is 0.754. The minimum atomic E-state index is -1.62. The number of nitrogens with one attached hydrogen (secondary N) is 2. The molecule has 0 aromatic carbocycles. The molecule has 0 aliphatic carbocycles. The van der Waals surface area contributed by atoms with Gasteiger partial charge in [-0.2, -0.15) is 0 Å². The van der Waals surface area contributed by atoms with Crippen molar-refractivity contribution in [1.82, 2.24) is 10.6 Å². The maximum atomic E-state index is 11.9. The van der Waals surface area contributed by atoms with E-state index in [1.54, 1.807) is 0 Å². The highest BCUT2D eigenvalue weighted by Crippen LogP contribution is 1.99. The van der Waals surface area contributed by atoms with Crippen LogP contribution in [0, 0.1) is 0 Å².